The molecule has 0 amide bonds. The molecule has 6 heteroatoms. The third kappa shape index (κ3) is 2.38. The molecule has 1 aromatic rings. The quantitative estimate of drug-likeness (QED) is 0.704. The molecule has 0 aliphatic carbocycles. The third-order valence-corrected chi connectivity index (χ3v) is 2.34. The predicted molar refractivity (Wildman–Crippen MR) is 43.6 cm³/mol. The molecule has 0 aliphatic heterocycles. The maximum absolute atomic E-state index is 10.6. The van der Waals surface area contributed by atoms with Crippen LogP contribution in [0.2, 0.25) is 0 Å². The first-order valence-electron chi connectivity index (χ1n) is 2.68. The van der Waals surface area contributed by atoms with E-state index in [9.17, 15) is 4.57 Å². The van der Waals surface area contributed by atoms with Crippen LogP contribution in [0.4, 0.5) is 0 Å². The van der Waals surface area contributed by atoms with Crippen LogP contribution in [0.25, 0.3) is 0 Å². The highest BCUT2D eigenvalue weighted by atomic mass is 79.9. The van der Waals surface area contributed by atoms with Gasteiger partial charge in [0.25, 0.3) is 0 Å². The molecule has 0 spiro atoms. The molecule has 11 heavy (non-hydrogen) atoms. The molecule has 0 saturated heterocycles. The van der Waals surface area contributed by atoms with Crippen LogP contribution in [0.15, 0.2) is 22.8 Å². The minimum atomic E-state index is -4.17. The molecular weight excluding hydrogens is 233 g/mol. The topological polar surface area (TPSA) is 70.4 Å². The fourth-order valence-electron chi connectivity index (χ4n) is 0.540. The lowest BCUT2D eigenvalue weighted by molar-refractivity contribution is 0.386. The number of rotatable bonds is 1. The van der Waals surface area contributed by atoms with Crippen molar-refractivity contribution in [2.75, 3.05) is 0 Å². The first-order valence-corrected chi connectivity index (χ1v) is 5.08. The van der Waals surface area contributed by atoms with Crippen LogP contribution in [-0.2, 0) is 4.57 Å². The van der Waals surface area contributed by atoms with Gasteiger partial charge >= 0.3 is 7.60 Å². The second kappa shape index (κ2) is 3.03. The Bertz CT molecular complexity index is 293. The lowest BCUT2D eigenvalue weighted by Gasteiger charge is -2.00. The Balaban J connectivity index is 3.09. The van der Waals surface area contributed by atoms with Crippen molar-refractivity contribution in [1.29, 1.82) is 0 Å². The molecule has 0 radical (unpaired) electrons. The van der Waals surface area contributed by atoms with Crippen molar-refractivity contribution >= 4 is 29.0 Å². The molecule has 60 valence electrons. The summed E-state index contributed by atoms with van der Waals surface area (Å²) in [4.78, 5) is 20.8. The van der Waals surface area contributed by atoms with Crippen molar-refractivity contribution in [2.24, 2.45) is 0 Å². The van der Waals surface area contributed by atoms with Crippen molar-refractivity contribution in [3.8, 4) is 0 Å². The summed E-state index contributed by atoms with van der Waals surface area (Å²) >= 11 is 3.10. The van der Waals surface area contributed by atoms with Gasteiger partial charge < -0.3 is 9.79 Å². The van der Waals surface area contributed by atoms with Crippen LogP contribution in [0.1, 0.15) is 0 Å². The van der Waals surface area contributed by atoms with Gasteiger partial charge in [-0.2, -0.15) is 0 Å². The van der Waals surface area contributed by atoms with E-state index in [0.717, 1.165) is 0 Å². The van der Waals surface area contributed by atoms with E-state index < -0.39 is 7.60 Å². The van der Waals surface area contributed by atoms with Gasteiger partial charge in [-0.05, 0) is 28.1 Å². The highest BCUT2D eigenvalue weighted by Gasteiger charge is 2.17. The lowest BCUT2D eigenvalue weighted by Crippen LogP contribution is -2.07. The van der Waals surface area contributed by atoms with Gasteiger partial charge in [-0.15, -0.1) is 0 Å². The van der Waals surface area contributed by atoms with E-state index in [1.165, 1.54) is 18.3 Å². The van der Waals surface area contributed by atoms with Crippen LogP contribution in [-0.4, -0.2) is 14.8 Å². The van der Waals surface area contributed by atoms with Crippen molar-refractivity contribution in [3.63, 3.8) is 0 Å². The first-order chi connectivity index (χ1) is 5.00. The van der Waals surface area contributed by atoms with Gasteiger partial charge in [0.15, 0.2) is 5.44 Å². The van der Waals surface area contributed by atoms with E-state index in [4.69, 9.17) is 9.79 Å². The summed E-state index contributed by atoms with van der Waals surface area (Å²) in [7, 11) is -4.17. The summed E-state index contributed by atoms with van der Waals surface area (Å²) in [6, 6.07) is 2.81. The minimum Gasteiger partial charge on any atom is -0.320 e. The zero-order valence-electron chi connectivity index (χ0n) is 5.31. The fraction of sp³-hybridized carbons (Fsp3) is 0. The maximum Gasteiger partial charge on any atom is 0.374 e. The normalized spacial score (nSPS) is 11.5. The fourth-order valence-corrected chi connectivity index (χ4v) is 1.25. The van der Waals surface area contributed by atoms with Crippen molar-refractivity contribution < 1.29 is 14.4 Å². The first kappa shape index (κ1) is 8.87. The minimum absolute atomic E-state index is 0.208. The van der Waals surface area contributed by atoms with E-state index in [1.807, 2.05) is 0 Å². The highest BCUT2D eigenvalue weighted by molar-refractivity contribution is 9.10. The van der Waals surface area contributed by atoms with Gasteiger partial charge in [0.2, 0.25) is 0 Å². The van der Waals surface area contributed by atoms with Gasteiger partial charge in [0.05, 0.1) is 0 Å². The summed E-state index contributed by atoms with van der Waals surface area (Å²) in [6.07, 6.45) is 1.34. The second-order valence-corrected chi connectivity index (χ2v) is 4.34. The van der Waals surface area contributed by atoms with Crippen LogP contribution < -0.4 is 5.44 Å². The summed E-state index contributed by atoms with van der Waals surface area (Å²) < 4.78 is 11.3. The van der Waals surface area contributed by atoms with Crippen molar-refractivity contribution in [2.45, 2.75) is 0 Å². The number of halogens is 1. The summed E-state index contributed by atoms with van der Waals surface area (Å²) in [6.45, 7) is 0. The van der Waals surface area contributed by atoms with Gasteiger partial charge in [0.1, 0.15) is 0 Å². The Morgan fingerprint density at radius 2 is 2.09 bits per heavy atom. The Hall–Kier alpha value is -0.220. The molecule has 0 atom stereocenters. The molecule has 0 unspecified atom stereocenters. The highest BCUT2D eigenvalue weighted by Crippen LogP contribution is 2.31. The van der Waals surface area contributed by atoms with Gasteiger partial charge in [-0.25, -0.2) is 4.98 Å². The number of aromatic nitrogens is 1. The SMILES string of the molecule is O=P(O)(O)c1ccc(Br)cn1. The molecule has 0 fully saturated rings. The molecular formula is C5H5BrNO3P. The summed E-state index contributed by atoms with van der Waals surface area (Å²) in [5, 5.41) is 0. The second-order valence-electron chi connectivity index (χ2n) is 1.88. The molecule has 1 heterocycles. The molecule has 0 bridgehead atoms. The third-order valence-electron chi connectivity index (χ3n) is 1.01. The number of nitrogens with zero attached hydrogens (tertiary/aromatic N) is 1. The van der Waals surface area contributed by atoms with Crippen molar-refractivity contribution in [3.05, 3.63) is 22.8 Å². The van der Waals surface area contributed by atoms with E-state index >= 15 is 0 Å². The Kier molecular flexibility index (Phi) is 2.44. The van der Waals surface area contributed by atoms with Gasteiger partial charge in [-0.1, -0.05) is 0 Å². The standard InChI is InChI=1S/C5H5BrNO3P/c6-4-1-2-5(7-3-4)11(8,9)10/h1-3H,(H2,8,9,10). The summed E-state index contributed by atoms with van der Waals surface area (Å²) in [5.74, 6) is 0. The summed E-state index contributed by atoms with van der Waals surface area (Å²) in [5.41, 5.74) is -0.208. The molecule has 4 nitrogen and oxygen atoms in total. The Labute approximate surface area is 71.6 Å². The predicted octanol–water partition coefficient (Wildman–Crippen LogP) is 0.647. The average molecular weight is 238 g/mol. The Morgan fingerprint density at radius 1 is 1.45 bits per heavy atom. The Morgan fingerprint density at radius 3 is 2.45 bits per heavy atom. The number of hydrogen-bond donors (Lipinski definition) is 2. The number of pyridine rings is 1. The molecule has 1 aromatic heterocycles. The van der Waals surface area contributed by atoms with Crippen LogP contribution in [0, 0.1) is 0 Å². The van der Waals surface area contributed by atoms with E-state index in [1.54, 1.807) is 0 Å². The largest absolute Gasteiger partial charge is 0.374 e. The van der Waals surface area contributed by atoms with E-state index in [0.29, 0.717) is 4.47 Å². The molecule has 0 aliphatic rings. The van der Waals surface area contributed by atoms with Crippen molar-refractivity contribution in [1.82, 2.24) is 4.98 Å². The van der Waals surface area contributed by atoms with E-state index in [2.05, 4.69) is 20.9 Å². The maximum atomic E-state index is 10.6. The zero-order valence-corrected chi connectivity index (χ0v) is 7.79. The lowest BCUT2D eigenvalue weighted by atomic mass is 10.5. The van der Waals surface area contributed by atoms with Crippen LogP contribution in [0.5, 0.6) is 0 Å². The van der Waals surface area contributed by atoms with Crippen LogP contribution in [0.3, 0.4) is 0 Å². The zero-order chi connectivity index (χ0) is 8.48. The van der Waals surface area contributed by atoms with Gasteiger partial charge in [-0.3, -0.25) is 4.57 Å². The molecule has 2 N–H and O–H groups in total. The number of hydrogen-bond acceptors (Lipinski definition) is 2. The average Bonchev–Trinajstić information content (AvgIpc) is 1.86. The molecule has 0 saturated carbocycles. The smallest absolute Gasteiger partial charge is 0.320 e. The molecule has 0 aromatic carbocycles. The van der Waals surface area contributed by atoms with Gasteiger partial charge in [0, 0.05) is 10.7 Å². The van der Waals surface area contributed by atoms with E-state index in [-0.39, 0.29) is 5.44 Å². The molecule has 1 rings (SSSR count). The monoisotopic (exact) mass is 237 g/mol. The van der Waals surface area contributed by atoms with Crippen LogP contribution >= 0.6 is 23.5 Å².